The molecule has 19 heavy (non-hydrogen) atoms. The molecule has 1 N–H and O–H groups in total. The van der Waals surface area contributed by atoms with Gasteiger partial charge in [0.15, 0.2) is 0 Å². The van der Waals surface area contributed by atoms with Gasteiger partial charge in [0.2, 0.25) is 0 Å². The molecule has 0 aliphatic carbocycles. The van der Waals surface area contributed by atoms with E-state index in [1.165, 1.54) is 0 Å². The lowest BCUT2D eigenvalue weighted by Crippen LogP contribution is -2.33. The number of rotatable bonds is 8. The lowest BCUT2D eigenvalue weighted by atomic mass is 10.2. The fourth-order valence-electron chi connectivity index (χ4n) is 1.80. The predicted molar refractivity (Wildman–Crippen MR) is 86.2 cm³/mol. The minimum absolute atomic E-state index is 0.163. The Morgan fingerprint density at radius 1 is 1.32 bits per heavy atom. The van der Waals surface area contributed by atoms with Gasteiger partial charge in [0.1, 0.15) is 11.9 Å². The lowest BCUT2D eigenvalue weighted by Gasteiger charge is -2.20. The van der Waals surface area contributed by atoms with Gasteiger partial charge in [-0.25, -0.2) is 0 Å². The van der Waals surface area contributed by atoms with Crippen LogP contribution in [0, 0.1) is 5.92 Å². The van der Waals surface area contributed by atoms with E-state index < -0.39 is 0 Å². The predicted octanol–water partition coefficient (Wildman–Crippen LogP) is 4.90. The standard InChI is InChI=1S/C15H23BrClNO/c1-4-5-13(10-18-9-11(2)3)19-15-8-12(16)6-7-14(15)17/h6-8,11,13,18H,4-5,9-10H2,1-3H3. The summed E-state index contributed by atoms with van der Waals surface area (Å²) in [7, 11) is 0. The first-order chi connectivity index (χ1) is 9.02. The molecule has 0 aliphatic heterocycles. The van der Waals surface area contributed by atoms with Crippen LogP contribution in [-0.4, -0.2) is 19.2 Å². The summed E-state index contributed by atoms with van der Waals surface area (Å²) < 4.78 is 7.01. The molecule has 1 atom stereocenters. The Labute approximate surface area is 130 Å². The molecule has 0 radical (unpaired) electrons. The van der Waals surface area contributed by atoms with Crippen molar-refractivity contribution in [2.24, 2.45) is 5.92 Å². The molecule has 0 saturated heterocycles. The summed E-state index contributed by atoms with van der Waals surface area (Å²) in [5, 5.41) is 4.10. The van der Waals surface area contributed by atoms with Gasteiger partial charge >= 0.3 is 0 Å². The van der Waals surface area contributed by atoms with Gasteiger partial charge in [-0.2, -0.15) is 0 Å². The third-order valence-corrected chi connectivity index (χ3v) is 3.53. The lowest BCUT2D eigenvalue weighted by molar-refractivity contribution is 0.185. The van der Waals surface area contributed by atoms with Crippen molar-refractivity contribution in [2.45, 2.75) is 39.7 Å². The monoisotopic (exact) mass is 347 g/mol. The van der Waals surface area contributed by atoms with Crippen molar-refractivity contribution in [1.82, 2.24) is 5.32 Å². The first kappa shape index (κ1) is 16.8. The second kappa shape index (κ2) is 8.83. The maximum absolute atomic E-state index is 6.16. The SMILES string of the molecule is CCCC(CNCC(C)C)Oc1cc(Br)ccc1Cl. The minimum Gasteiger partial charge on any atom is -0.488 e. The number of ether oxygens (including phenoxy) is 1. The van der Waals surface area contributed by atoms with E-state index in [9.17, 15) is 0 Å². The van der Waals surface area contributed by atoms with Crippen LogP contribution in [0.4, 0.5) is 0 Å². The molecule has 0 aromatic heterocycles. The van der Waals surface area contributed by atoms with Crippen molar-refractivity contribution in [1.29, 1.82) is 0 Å². The topological polar surface area (TPSA) is 21.3 Å². The number of halogens is 2. The maximum atomic E-state index is 6.16. The molecule has 0 saturated carbocycles. The van der Waals surface area contributed by atoms with Crippen LogP contribution in [0.5, 0.6) is 5.75 Å². The van der Waals surface area contributed by atoms with Crippen molar-refractivity contribution in [3.8, 4) is 5.75 Å². The molecule has 108 valence electrons. The van der Waals surface area contributed by atoms with Gasteiger partial charge in [-0.1, -0.05) is 54.7 Å². The van der Waals surface area contributed by atoms with E-state index >= 15 is 0 Å². The molecule has 1 rings (SSSR count). The fraction of sp³-hybridized carbons (Fsp3) is 0.600. The van der Waals surface area contributed by atoms with Gasteiger partial charge in [0.05, 0.1) is 5.02 Å². The fourth-order valence-corrected chi connectivity index (χ4v) is 2.31. The van der Waals surface area contributed by atoms with Crippen molar-refractivity contribution >= 4 is 27.5 Å². The second-order valence-corrected chi connectivity index (χ2v) is 6.48. The molecular formula is C15H23BrClNO. The zero-order valence-corrected chi connectivity index (χ0v) is 14.2. The first-order valence-corrected chi connectivity index (χ1v) is 8.02. The largest absolute Gasteiger partial charge is 0.488 e. The average molecular weight is 349 g/mol. The van der Waals surface area contributed by atoms with E-state index in [-0.39, 0.29) is 6.10 Å². The molecule has 1 aromatic rings. The number of hydrogen-bond acceptors (Lipinski definition) is 2. The average Bonchev–Trinajstić information content (AvgIpc) is 2.33. The molecule has 0 bridgehead atoms. The Bertz CT molecular complexity index is 384. The molecule has 4 heteroatoms. The Morgan fingerprint density at radius 3 is 2.68 bits per heavy atom. The summed E-state index contributed by atoms with van der Waals surface area (Å²) in [5.74, 6) is 1.40. The van der Waals surface area contributed by atoms with Crippen molar-refractivity contribution < 1.29 is 4.74 Å². The highest BCUT2D eigenvalue weighted by molar-refractivity contribution is 9.10. The number of benzene rings is 1. The molecule has 1 unspecified atom stereocenters. The zero-order chi connectivity index (χ0) is 14.3. The highest BCUT2D eigenvalue weighted by Gasteiger charge is 2.12. The van der Waals surface area contributed by atoms with E-state index in [1.807, 2.05) is 18.2 Å². The second-order valence-electron chi connectivity index (χ2n) is 5.16. The number of nitrogens with one attached hydrogen (secondary N) is 1. The third-order valence-electron chi connectivity index (χ3n) is 2.72. The van der Waals surface area contributed by atoms with Crippen LogP contribution in [0.15, 0.2) is 22.7 Å². The third kappa shape index (κ3) is 6.64. The molecule has 0 heterocycles. The van der Waals surface area contributed by atoms with Crippen LogP contribution < -0.4 is 10.1 Å². The Balaban J connectivity index is 2.58. The quantitative estimate of drug-likeness (QED) is 0.721. The Kier molecular flexibility index (Phi) is 7.81. The Hall–Kier alpha value is -0.250. The van der Waals surface area contributed by atoms with E-state index in [0.29, 0.717) is 10.9 Å². The molecular weight excluding hydrogens is 326 g/mol. The van der Waals surface area contributed by atoms with Crippen LogP contribution >= 0.6 is 27.5 Å². The van der Waals surface area contributed by atoms with Crippen LogP contribution in [0.2, 0.25) is 5.02 Å². The van der Waals surface area contributed by atoms with Gasteiger partial charge in [-0.05, 0) is 37.1 Å². The molecule has 2 nitrogen and oxygen atoms in total. The van der Waals surface area contributed by atoms with E-state index in [1.54, 1.807) is 0 Å². The molecule has 0 fully saturated rings. The highest BCUT2D eigenvalue weighted by atomic mass is 79.9. The zero-order valence-electron chi connectivity index (χ0n) is 11.9. The minimum atomic E-state index is 0.163. The highest BCUT2D eigenvalue weighted by Crippen LogP contribution is 2.29. The summed E-state index contributed by atoms with van der Waals surface area (Å²) in [5.41, 5.74) is 0. The van der Waals surface area contributed by atoms with Crippen LogP contribution in [0.1, 0.15) is 33.6 Å². The molecule has 1 aromatic carbocycles. The van der Waals surface area contributed by atoms with Crippen molar-refractivity contribution in [2.75, 3.05) is 13.1 Å². The van der Waals surface area contributed by atoms with Crippen molar-refractivity contribution in [3.05, 3.63) is 27.7 Å². The summed E-state index contributed by atoms with van der Waals surface area (Å²) in [6.45, 7) is 8.44. The van der Waals surface area contributed by atoms with E-state index in [0.717, 1.165) is 36.2 Å². The van der Waals surface area contributed by atoms with Crippen LogP contribution in [-0.2, 0) is 0 Å². The molecule has 0 spiro atoms. The van der Waals surface area contributed by atoms with Gasteiger partial charge < -0.3 is 10.1 Å². The van der Waals surface area contributed by atoms with Gasteiger partial charge in [0.25, 0.3) is 0 Å². The van der Waals surface area contributed by atoms with Crippen molar-refractivity contribution in [3.63, 3.8) is 0 Å². The first-order valence-electron chi connectivity index (χ1n) is 6.85. The van der Waals surface area contributed by atoms with Crippen LogP contribution in [0.3, 0.4) is 0 Å². The van der Waals surface area contributed by atoms with Gasteiger partial charge in [-0.15, -0.1) is 0 Å². The van der Waals surface area contributed by atoms with Crippen LogP contribution in [0.25, 0.3) is 0 Å². The van der Waals surface area contributed by atoms with E-state index in [2.05, 4.69) is 42.0 Å². The molecule has 0 aliphatic rings. The summed E-state index contributed by atoms with van der Waals surface area (Å²) >= 11 is 9.60. The smallest absolute Gasteiger partial charge is 0.139 e. The van der Waals surface area contributed by atoms with Gasteiger partial charge in [0, 0.05) is 11.0 Å². The normalized spacial score (nSPS) is 12.7. The summed E-state index contributed by atoms with van der Waals surface area (Å²) in [6, 6.07) is 5.69. The summed E-state index contributed by atoms with van der Waals surface area (Å²) in [6.07, 6.45) is 2.28. The van der Waals surface area contributed by atoms with Gasteiger partial charge in [-0.3, -0.25) is 0 Å². The Morgan fingerprint density at radius 2 is 2.05 bits per heavy atom. The maximum Gasteiger partial charge on any atom is 0.139 e. The number of hydrogen-bond donors (Lipinski definition) is 1. The summed E-state index contributed by atoms with van der Waals surface area (Å²) in [4.78, 5) is 0. The van der Waals surface area contributed by atoms with E-state index in [4.69, 9.17) is 16.3 Å². The molecule has 0 amide bonds.